The molecule has 0 radical (unpaired) electrons. The van der Waals surface area contributed by atoms with Crippen LogP contribution >= 0.6 is 11.6 Å². The van der Waals surface area contributed by atoms with Gasteiger partial charge in [0.25, 0.3) is 0 Å². The molecule has 0 spiro atoms. The molecule has 3 aromatic rings. The fourth-order valence-electron chi connectivity index (χ4n) is 4.98. The second kappa shape index (κ2) is 10.5. The Labute approximate surface area is 207 Å². The minimum Gasteiger partial charge on any atom is -0.481 e. The summed E-state index contributed by atoms with van der Waals surface area (Å²) >= 11 is 6.21. The molecule has 184 valence electrons. The summed E-state index contributed by atoms with van der Waals surface area (Å²) in [7, 11) is 0. The maximum atomic E-state index is 13.1. The number of aromatic carboxylic acids is 1. The van der Waals surface area contributed by atoms with E-state index in [0.717, 1.165) is 22.1 Å². The van der Waals surface area contributed by atoms with Crippen molar-refractivity contribution in [3.05, 3.63) is 63.3 Å². The van der Waals surface area contributed by atoms with Gasteiger partial charge >= 0.3 is 11.9 Å². The number of anilines is 1. The maximum Gasteiger partial charge on any atom is 0.352 e. The first-order chi connectivity index (χ1) is 16.8. The molecular weight excluding hydrogens is 470 g/mol. The highest BCUT2D eigenvalue weighted by Crippen LogP contribution is 2.42. The smallest absolute Gasteiger partial charge is 0.352 e. The number of unbranched alkanes of at least 4 members (excludes halogenated alkanes) is 1. The topological polar surface area (TPSA) is 146 Å². The Hall–Kier alpha value is -3.36. The van der Waals surface area contributed by atoms with Crippen molar-refractivity contribution < 1.29 is 24.6 Å². The molecule has 4 rings (SSSR count). The number of hydrogen-bond donors (Lipinski definition) is 5. The van der Waals surface area contributed by atoms with Crippen LogP contribution in [0, 0.1) is 0 Å². The first kappa shape index (κ1) is 24.8. The van der Waals surface area contributed by atoms with Crippen molar-refractivity contribution in [3.63, 3.8) is 0 Å². The number of aliphatic carboxylic acids is 1. The molecule has 0 aliphatic heterocycles. The van der Waals surface area contributed by atoms with E-state index < -0.39 is 11.9 Å². The molecule has 8 nitrogen and oxygen atoms in total. The quantitative estimate of drug-likeness (QED) is 0.253. The number of H-pyrrole nitrogens is 1. The number of benzene rings is 2. The molecule has 1 amide bonds. The van der Waals surface area contributed by atoms with Gasteiger partial charge in [0.15, 0.2) is 0 Å². The number of amides is 1. The predicted octanol–water partition coefficient (Wildman–Crippen LogP) is 4.83. The van der Waals surface area contributed by atoms with Gasteiger partial charge in [-0.1, -0.05) is 23.7 Å². The zero-order valence-electron chi connectivity index (χ0n) is 19.2. The first-order valence-corrected chi connectivity index (χ1v) is 12.1. The van der Waals surface area contributed by atoms with Crippen LogP contribution in [0.5, 0.6) is 0 Å². The molecule has 1 unspecified atom stereocenters. The molecule has 6 N–H and O–H groups in total. The zero-order chi connectivity index (χ0) is 25.1. The second-order valence-electron chi connectivity index (χ2n) is 8.99. The third kappa shape index (κ3) is 5.49. The summed E-state index contributed by atoms with van der Waals surface area (Å²) in [6.45, 7) is 0.364. The summed E-state index contributed by atoms with van der Waals surface area (Å²) < 4.78 is 0. The normalized spacial score (nSPS) is 14.7. The van der Waals surface area contributed by atoms with Crippen molar-refractivity contribution in [2.45, 2.75) is 57.4 Å². The van der Waals surface area contributed by atoms with Crippen molar-refractivity contribution in [1.29, 1.82) is 0 Å². The molecule has 1 heterocycles. The van der Waals surface area contributed by atoms with Crippen molar-refractivity contribution in [1.82, 2.24) is 4.98 Å². The number of nitrogens with two attached hydrogens (primary N) is 1. The Morgan fingerprint density at radius 1 is 1.14 bits per heavy atom. The lowest BCUT2D eigenvalue weighted by atomic mass is 9.81. The van der Waals surface area contributed by atoms with Gasteiger partial charge in [0.1, 0.15) is 5.69 Å². The van der Waals surface area contributed by atoms with Crippen LogP contribution in [0.1, 0.15) is 70.8 Å². The van der Waals surface area contributed by atoms with Gasteiger partial charge in [-0.15, -0.1) is 0 Å². The van der Waals surface area contributed by atoms with Crippen molar-refractivity contribution in [2.75, 3.05) is 5.32 Å². The van der Waals surface area contributed by atoms with E-state index in [0.29, 0.717) is 60.4 Å². The zero-order valence-corrected chi connectivity index (χ0v) is 20.0. The molecule has 9 heteroatoms. The largest absolute Gasteiger partial charge is 0.481 e. The lowest BCUT2D eigenvalue weighted by molar-refractivity contribution is -0.137. The number of aryl methyl sites for hydroxylation is 2. The van der Waals surface area contributed by atoms with Gasteiger partial charge in [0, 0.05) is 41.0 Å². The molecule has 1 aromatic heterocycles. The van der Waals surface area contributed by atoms with Crippen LogP contribution in [-0.2, 0) is 29.0 Å². The van der Waals surface area contributed by atoms with Crippen molar-refractivity contribution >= 4 is 46.0 Å². The summed E-state index contributed by atoms with van der Waals surface area (Å²) in [5.74, 6) is -2.34. The first-order valence-electron chi connectivity index (χ1n) is 11.7. The van der Waals surface area contributed by atoms with Gasteiger partial charge in [0.2, 0.25) is 5.91 Å². The van der Waals surface area contributed by atoms with E-state index in [1.165, 1.54) is 0 Å². The van der Waals surface area contributed by atoms with Crippen LogP contribution in [0.15, 0.2) is 30.3 Å². The number of halogens is 1. The van der Waals surface area contributed by atoms with Crippen LogP contribution in [0.2, 0.25) is 5.02 Å². The Bertz CT molecular complexity index is 1300. The molecular formula is C26H28ClN3O5. The Morgan fingerprint density at radius 3 is 2.66 bits per heavy atom. The third-order valence-electron chi connectivity index (χ3n) is 6.57. The molecule has 35 heavy (non-hydrogen) atoms. The molecule has 0 saturated heterocycles. The summed E-state index contributed by atoms with van der Waals surface area (Å²) in [5, 5.41) is 23.0. The molecule has 1 aliphatic carbocycles. The van der Waals surface area contributed by atoms with Crippen LogP contribution < -0.4 is 11.1 Å². The summed E-state index contributed by atoms with van der Waals surface area (Å²) in [6.07, 6.45) is 3.43. The van der Waals surface area contributed by atoms with Crippen LogP contribution in [0.4, 0.5) is 5.69 Å². The van der Waals surface area contributed by atoms with Crippen LogP contribution in [-0.4, -0.2) is 33.0 Å². The van der Waals surface area contributed by atoms with Gasteiger partial charge in [-0.05, 0) is 78.5 Å². The number of nitrogens with one attached hydrogen (secondary N) is 2. The minimum atomic E-state index is -1.06. The van der Waals surface area contributed by atoms with Crippen molar-refractivity contribution in [3.8, 4) is 0 Å². The van der Waals surface area contributed by atoms with E-state index in [9.17, 15) is 19.5 Å². The number of carbonyl (C=O) groups is 3. The van der Waals surface area contributed by atoms with Crippen molar-refractivity contribution in [2.24, 2.45) is 5.73 Å². The van der Waals surface area contributed by atoms with Gasteiger partial charge < -0.3 is 26.2 Å². The molecule has 2 aromatic carbocycles. The highest BCUT2D eigenvalue weighted by molar-refractivity contribution is 6.31. The molecule has 1 atom stereocenters. The van der Waals surface area contributed by atoms with Gasteiger partial charge in [-0.2, -0.15) is 0 Å². The number of aromatic nitrogens is 1. The average Bonchev–Trinajstić information content (AvgIpc) is 3.20. The van der Waals surface area contributed by atoms with E-state index in [-0.39, 0.29) is 30.4 Å². The summed E-state index contributed by atoms with van der Waals surface area (Å²) in [6, 6.07) is 9.19. The van der Waals surface area contributed by atoms with E-state index in [4.69, 9.17) is 22.4 Å². The van der Waals surface area contributed by atoms with E-state index in [1.807, 2.05) is 24.3 Å². The Balaban J connectivity index is 1.54. The average molecular weight is 498 g/mol. The van der Waals surface area contributed by atoms with E-state index in [1.54, 1.807) is 6.07 Å². The molecule has 0 saturated carbocycles. The standard InChI is InChI=1S/C26H28ClN3O5/c27-18-10-16-6-7-17(24-23(16)20(12-18)30-25(24)26(34)35)11-21(31)29-19-8-5-14(13-28)9-15(19)3-1-2-4-22(32)33/h5,8-10,12,17,30H,1-4,6-7,11,13,28H2,(H,29,31)(H,32,33)(H,34,35). The van der Waals surface area contributed by atoms with Crippen LogP contribution in [0.3, 0.4) is 0 Å². The number of hydrogen-bond acceptors (Lipinski definition) is 4. The lowest BCUT2D eigenvalue weighted by Crippen LogP contribution is -2.20. The third-order valence-corrected chi connectivity index (χ3v) is 6.78. The fraction of sp³-hybridized carbons (Fsp3) is 0.346. The highest BCUT2D eigenvalue weighted by atomic mass is 35.5. The Morgan fingerprint density at radius 2 is 1.94 bits per heavy atom. The van der Waals surface area contributed by atoms with E-state index >= 15 is 0 Å². The minimum absolute atomic E-state index is 0.101. The summed E-state index contributed by atoms with van der Waals surface area (Å²) in [5.41, 5.74) is 10.7. The summed E-state index contributed by atoms with van der Waals surface area (Å²) in [4.78, 5) is 38.8. The fourth-order valence-corrected chi connectivity index (χ4v) is 5.22. The van der Waals surface area contributed by atoms with Crippen LogP contribution in [0.25, 0.3) is 10.9 Å². The van der Waals surface area contributed by atoms with Gasteiger partial charge in [-0.25, -0.2) is 4.79 Å². The predicted molar refractivity (Wildman–Crippen MR) is 134 cm³/mol. The van der Waals surface area contributed by atoms with Gasteiger partial charge in [0.05, 0.1) is 0 Å². The molecule has 0 bridgehead atoms. The van der Waals surface area contributed by atoms with E-state index in [2.05, 4.69) is 10.3 Å². The SMILES string of the molecule is NCc1ccc(NC(=O)CC2CCc3cc(Cl)cc4[nH]c(C(=O)O)c2c34)c(CCCCC(=O)O)c1. The monoisotopic (exact) mass is 497 g/mol. The number of carbonyl (C=O) groups excluding carboxylic acids is 1. The Kier molecular flexibility index (Phi) is 7.42. The number of rotatable bonds is 10. The maximum absolute atomic E-state index is 13.1. The number of carboxylic acids is 2. The molecule has 0 fully saturated rings. The number of carboxylic acid groups (broad SMARTS) is 2. The second-order valence-corrected chi connectivity index (χ2v) is 9.43. The number of aromatic amines is 1. The molecule has 1 aliphatic rings. The lowest BCUT2D eigenvalue weighted by Gasteiger charge is -2.23. The van der Waals surface area contributed by atoms with Gasteiger partial charge in [-0.3, -0.25) is 9.59 Å². The highest BCUT2D eigenvalue weighted by Gasteiger charge is 2.31.